The summed E-state index contributed by atoms with van der Waals surface area (Å²) in [5.41, 5.74) is 1.92. The van der Waals surface area contributed by atoms with Crippen molar-refractivity contribution in [1.82, 2.24) is 9.97 Å². The SMILES string of the molecule is CCc1nc(-c2cc(OC)cc(OC)c2)c(C)c(=O)[nH]1. The van der Waals surface area contributed by atoms with Crippen LogP contribution in [0.15, 0.2) is 23.0 Å². The molecule has 0 fully saturated rings. The Bertz CT molecular complexity index is 655. The Morgan fingerprint density at radius 3 is 2.25 bits per heavy atom. The zero-order valence-corrected chi connectivity index (χ0v) is 12.1. The van der Waals surface area contributed by atoms with Crippen LogP contribution in [-0.2, 0) is 6.42 Å². The lowest BCUT2D eigenvalue weighted by Crippen LogP contribution is -2.15. The van der Waals surface area contributed by atoms with Gasteiger partial charge in [0.15, 0.2) is 0 Å². The second-order valence-electron chi connectivity index (χ2n) is 4.44. The molecule has 20 heavy (non-hydrogen) atoms. The maximum absolute atomic E-state index is 11.9. The Morgan fingerprint density at radius 2 is 1.75 bits per heavy atom. The molecule has 0 saturated carbocycles. The Hall–Kier alpha value is -2.30. The van der Waals surface area contributed by atoms with E-state index in [1.807, 2.05) is 19.1 Å². The zero-order valence-electron chi connectivity index (χ0n) is 12.1. The predicted octanol–water partition coefficient (Wildman–Crippen LogP) is 2.32. The van der Waals surface area contributed by atoms with Crippen molar-refractivity contribution in [2.75, 3.05) is 14.2 Å². The number of H-pyrrole nitrogens is 1. The minimum Gasteiger partial charge on any atom is -0.497 e. The lowest BCUT2D eigenvalue weighted by molar-refractivity contribution is 0.394. The molecular formula is C15H18N2O3. The first-order valence-corrected chi connectivity index (χ1v) is 6.42. The van der Waals surface area contributed by atoms with E-state index in [9.17, 15) is 4.79 Å². The monoisotopic (exact) mass is 274 g/mol. The molecule has 0 unspecified atom stereocenters. The Kier molecular flexibility index (Phi) is 4.08. The number of nitrogens with zero attached hydrogens (tertiary/aromatic N) is 1. The normalized spacial score (nSPS) is 10.4. The molecule has 1 N–H and O–H groups in total. The van der Waals surface area contributed by atoms with Gasteiger partial charge in [-0.15, -0.1) is 0 Å². The zero-order chi connectivity index (χ0) is 14.7. The number of methoxy groups -OCH3 is 2. The number of aromatic nitrogens is 2. The fourth-order valence-electron chi connectivity index (χ4n) is 1.97. The average Bonchev–Trinajstić information content (AvgIpc) is 2.49. The van der Waals surface area contributed by atoms with E-state index >= 15 is 0 Å². The minimum atomic E-state index is -0.117. The van der Waals surface area contributed by atoms with E-state index < -0.39 is 0 Å². The molecule has 1 aromatic carbocycles. The second kappa shape index (κ2) is 5.77. The van der Waals surface area contributed by atoms with Crippen LogP contribution in [0.3, 0.4) is 0 Å². The number of hydrogen-bond acceptors (Lipinski definition) is 4. The number of aryl methyl sites for hydroxylation is 1. The van der Waals surface area contributed by atoms with E-state index in [0.29, 0.717) is 35.0 Å². The maximum Gasteiger partial charge on any atom is 0.254 e. The summed E-state index contributed by atoms with van der Waals surface area (Å²) in [5, 5.41) is 0. The summed E-state index contributed by atoms with van der Waals surface area (Å²) in [7, 11) is 3.18. The molecule has 2 rings (SSSR count). The highest BCUT2D eigenvalue weighted by atomic mass is 16.5. The standard InChI is InChI=1S/C15H18N2O3/c1-5-13-16-14(9(2)15(18)17-13)10-6-11(19-3)8-12(7-10)20-4/h6-8H,5H2,1-4H3,(H,16,17,18). The molecule has 2 aromatic rings. The molecule has 0 atom stereocenters. The van der Waals surface area contributed by atoms with Gasteiger partial charge < -0.3 is 14.5 Å². The van der Waals surface area contributed by atoms with Gasteiger partial charge in [0.25, 0.3) is 5.56 Å². The van der Waals surface area contributed by atoms with Gasteiger partial charge in [-0.2, -0.15) is 0 Å². The van der Waals surface area contributed by atoms with Gasteiger partial charge in [0.05, 0.1) is 19.9 Å². The van der Waals surface area contributed by atoms with Crippen LogP contribution in [0, 0.1) is 6.92 Å². The van der Waals surface area contributed by atoms with E-state index in [0.717, 1.165) is 5.56 Å². The summed E-state index contributed by atoms with van der Waals surface area (Å²) in [5.74, 6) is 2.00. The van der Waals surface area contributed by atoms with Crippen LogP contribution in [0.1, 0.15) is 18.3 Å². The number of rotatable bonds is 4. The van der Waals surface area contributed by atoms with Crippen LogP contribution in [0.25, 0.3) is 11.3 Å². The van der Waals surface area contributed by atoms with Crippen molar-refractivity contribution < 1.29 is 9.47 Å². The van der Waals surface area contributed by atoms with Crippen molar-refractivity contribution in [1.29, 1.82) is 0 Å². The summed E-state index contributed by atoms with van der Waals surface area (Å²) in [6, 6.07) is 5.47. The molecule has 0 amide bonds. The molecule has 0 spiro atoms. The van der Waals surface area contributed by atoms with E-state index in [4.69, 9.17) is 9.47 Å². The number of aromatic amines is 1. The summed E-state index contributed by atoms with van der Waals surface area (Å²) in [4.78, 5) is 19.2. The molecule has 0 aliphatic carbocycles. The molecule has 0 radical (unpaired) electrons. The van der Waals surface area contributed by atoms with Gasteiger partial charge in [-0.1, -0.05) is 6.92 Å². The van der Waals surface area contributed by atoms with Gasteiger partial charge in [0.2, 0.25) is 0 Å². The summed E-state index contributed by atoms with van der Waals surface area (Å²) in [6.45, 7) is 3.70. The molecule has 5 heteroatoms. The molecule has 0 saturated heterocycles. The lowest BCUT2D eigenvalue weighted by atomic mass is 10.1. The number of benzene rings is 1. The summed E-state index contributed by atoms with van der Waals surface area (Å²) >= 11 is 0. The Balaban J connectivity index is 2.67. The second-order valence-corrected chi connectivity index (χ2v) is 4.44. The highest BCUT2D eigenvalue weighted by Crippen LogP contribution is 2.29. The summed E-state index contributed by atoms with van der Waals surface area (Å²) in [6.07, 6.45) is 0.670. The Morgan fingerprint density at radius 1 is 1.15 bits per heavy atom. The maximum atomic E-state index is 11.9. The predicted molar refractivity (Wildman–Crippen MR) is 77.5 cm³/mol. The van der Waals surface area contributed by atoms with Crippen LogP contribution >= 0.6 is 0 Å². The number of hydrogen-bond donors (Lipinski definition) is 1. The largest absolute Gasteiger partial charge is 0.497 e. The third-order valence-corrected chi connectivity index (χ3v) is 3.16. The first-order chi connectivity index (χ1) is 9.58. The highest BCUT2D eigenvalue weighted by Gasteiger charge is 2.11. The van der Waals surface area contributed by atoms with E-state index in [1.54, 1.807) is 27.2 Å². The van der Waals surface area contributed by atoms with Crippen molar-refractivity contribution in [3.05, 3.63) is 39.9 Å². The molecule has 1 aromatic heterocycles. The molecule has 106 valence electrons. The van der Waals surface area contributed by atoms with E-state index in [-0.39, 0.29) is 5.56 Å². The van der Waals surface area contributed by atoms with Gasteiger partial charge in [0, 0.05) is 23.6 Å². The third-order valence-electron chi connectivity index (χ3n) is 3.16. The van der Waals surface area contributed by atoms with Gasteiger partial charge in [-0.05, 0) is 19.1 Å². The summed E-state index contributed by atoms with van der Waals surface area (Å²) < 4.78 is 10.5. The van der Waals surface area contributed by atoms with Gasteiger partial charge in [-0.3, -0.25) is 4.79 Å². The van der Waals surface area contributed by atoms with E-state index in [2.05, 4.69) is 9.97 Å². The molecule has 1 heterocycles. The molecule has 5 nitrogen and oxygen atoms in total. The van der Waals surface area contributed by atoms with Crippen molar-refractivity contribution in [2.24, 2.45) is 0 Å². The van der Waals surface area contributed by atoms with Gasteiger partial charge in [-0.25, -0.2) is 4.98 Å². The smallest absolute Gasteiger partial charge is 0.254 e. The lowest BCUT2D eigenvalue weighted by Gasteiger charge is -2.10. The molecule has 0 aliphatic rings. The fraction of sp³-hybridized carbons (Fsp3) is 0.333. The van der Waals surface area contributed by atoms with Crippen LogP contribution in [-0.4, -0.2) is 24.2 Å². The average molecular weight is 274 g/mol. The first-order valence-electron chi connectivity index (χ1n) is 6.42. The van der Waals surface area contributed by atoms with Gasteiger partial charge in [0.1, 0.15) is 17.3 Å². The van der Waals surface area contributed by atoms with Crippen molar-refractivity contribution >= 4 is 0 Å². The number of nitrogens with one attached hydrogen (secondary N) is 1. The third kappa shape index (κ3) is 2.66. The molecular weight excluding hydrogens is 256 g/mol. The molecule has 0 aliphatic heterocycles. The van der Waals surface area contributed by atoms with Gasteiger partial charge >= 0.3 is 0 Å². The minimum absolute atomic E-state index is 0.117. The van der Waals surface area contributed by atoms with Crippen LogP contribution in [0.2, 0.25) is 0 Å². The molecule has 0 bridgehead atoms. The quantitative estimate of drug-likeness (QED) is 0.929. The van der Waals surface area contributed by atoms with Crippen LogP contribution < -0.4 is 15.0 Å². The van der Waals surface area contributed by atoms with E-state index in [1.165, 1.54) is 0 Å². The first kappa shape index (κ1) is 14.1. The van der Waals surface area contributed by atoms with Crippen molar-refractivity contribution in [2.45, 2.75) is 20.3 Å². The fourth-order valence-corrected chi connectivity index (χ4v) is 1.97. The van der Waals surface area contributed by atoms with Crippen LogP contribution in [0.4, 0.5) is 0 Å². The van der Waals surface area contributed by atoms with Crippen molar-refractivity contribution in [3.63, 3.8) is 0 Å². The topological polar surface area (TPSA) is 64.2 Å². The van der Waals surface area contributed by atoms with Crippen LogP contribution in [0.5, 0.6) is 11.5 Å². The number of ether oxygens (including phenoxy) is 2. The highest BCUT2D eigenvalue weighted by molar-refractivity contribution is 5.66. The van der Waals surface area contributed by atoms with Crippen molar-refractivity contribution in [3.8, 4) is 22.8 Å². The Labute approximate surface area is 117 Å².